The Labute approximate surface area is 167 Å². The maximum Gasteiger partial charge on any atom is 0.335 e. The molecular weight excluding hydrogens is 402 g/mol. The van der Waals surface area contributed by atoms with Gasteiger partial charge in [0.15, 0.2) is 5.03 Å². The quantitative estimate of drug-likeness (QED) is 0.515. The van der Waals surface area contributed by atoms with Gasteiger partial charge in [0.25, 0.3) is 10.0 Å². The molecule has 3 heterocycles. The van der Waals surface area contributed by atoms with Gasteiger partial charge < -0.3 is 14.8 Å². The summed E-state index contributed by atoms with van der Waals surface area (Å²) < 4.78 is 37.6. The first-order chi connectivity index (χ1) is 13.8. The van der Waals surface area contributed by atoms with E-state index in [0.717, 1.165) is 5.70 Å². The van der Waals surface area contributed by atoms with Crippen LogP contribution in [0, 0.1) is 0 Å². The Morgan fingerprint density at radius 3 is 2.45 bits per heavy atom. The van der Waals surface area contributed by atoms with Gasteiger partial charge in [0.05, 0.1) is 26.0 Å². The van der Waals surface area contributed by atoms with E-state index in [4.69, 9.17) is 9.47 Å². The van der Waals surface area contributed by atoms with E-state index in [-0.39, 0.29) is 22.7 Å². The Hall–Kier alpha value is -3.48. The number of aromatic nitrogens is 2. The fraction of sp³-hybridized carbons (Fsp3) is 0.312. The van der Waals surface area contributed by atoms with Crippen molar-refractivity contribution < 1.29 is 22.7 Å². The van der Waals surface area contributed by atoms with Crippen LogP contribution in [0.3, 0.4) is 0 Å². The lowest BCUT2D eigenvalue weighted by atomic mass is 10.3. The maximum atomic E-state index is 12.9. The molecule has 0 saturated heterocycles. The number of sulfonamides is 1. The first-order valence-corrected chi connectivity index (χ1v) is 10.0. The van der Waals surface area contributed by atoms with Crippen molar-refractivity contribution in [1.29, 1.82) is 0 Å². The Morgan fingerprint density at radius 2 is 1.86 bits per heavy atom. The highest BCUT2D eigenvalue weighted by Crippen LogP contribution is 2.28. The maximum absolute atomic E-state index is 12.9. The third kappa shape index (κ3) is 4.18. The Morgan fingerprint density at radius 1 is 1.21 bits per heavy atom. The number of urea groups is 1. The molecule has 0 atom stereocenters. The molecule has 4 N–H and O–H groups in total. The largest absolute Gasteiger partial charge is 0.481 e. The smallest absolute Gasteiger partial charge is 0.335 e. The van der Waals surface area contributed by atoms with Crippen LogP contribution in [0.15, 0.2) is 40.5 Å². The van der Waals surface area contributed by atoms with Gasteiger partial charge in [-0.3, -0.25) is 10.7 Å². The van der Waals surface area contributed by atoms with E-state index in [1.807, 2.05) is 17.7 Å². The summed E-state index contributed by atoms with van der Waals surface area (Å²) in [7, 11) is -1.46. The number of carbonyl (C=O) groups excluding carboxylic acids is 1. The highest BCUT2D eigenvalue weighted by atomic mass is 32.2. The number of allylic oxidation sites excluding steroid dienone is 4. The lowest BCUT2D eigenvalue weighted by molar-refractivity contribution is 0.256. The van der Waals surface area contributed by atoms with Crippen molar-refractivity contribution in [3.8, 4) is 11.8 Å². The van der Waals surface area contributed by atoms with E-state index in [1.54, 1.807) is 13.0 Å². The van der Waals surface area contributed by atoms with Crippen LogP contribution in [0.1, 0.15) is 20.3 Å². The number of ether oxygens (including phenoxy) is 2. The zero-order valence-electron chi connectivity index (χ0n) is 16.2. The summed E-state index contributed by atoms with van der Waals surface area (Å²) in [5.41, 5.74) is 4.18. The molecule has 1 aromatic heterocycles. The van der Waals surface area contributed by atoms with Crippen LogP contribution in [0.5, 0.6) is 11.8 Å². The average molecular weight is 423 g/mol. The average Bonchev–Trinajstić information content (AvgIpc) is 3.02. The molecule has 2 amide bonds. The zero-order chi connectivity index (χ0) is 21.2. The Kier molecular flexibility index (Phi) is 5.50. The number of nitrogens with zero attached hydrogens (tertiary/aromatic N) is 3. The van der Waals surface area contributed by atoms with Gasteiger partial charge in [-0.05, 0) is 25.5 Å². The van der Waals surface area contributed by atoms with Crippen molar-refractivity contribution in [2.45, 2.75) is 20.3 Å². The minimum Gasteiger partial charge on any atom is -0.481 e. The third-order valence-corrected chi connectivity index (χ3v) is 5.42. The Bertz CT molecular complexity index is 1010. The van der Waals surface area contributed by atoms with Crippen LogP contribution in [-0.4, -0.2) is 43.6 Å². The lowest BCUT2D eigenvalue weighted by Crippen LogP contribution is -2.44. The molecule has 12 nitrogen and oxygen atoms in total. The van der Waals surface area contributed by atoms with Gasteiger partial charge in [0.1, 0.15) is 5.82 Å². The van der Waals surface area contributed by atoms with E-state index in [2.05, 4.69) is 26.0 Å². The molecule has 3 rings (SSSR count). The van der Waals surface area contributed by atoms with Crippen LogP contribution < -0.4 is 30.3 Å². The van der Waals surface area contributed by atoms with Gasteiger partial charge in [-0.15, -0.1) is 0 Å². The number of methoxy groups -OCH3 is 2. The van der Waals surface area contributed by atoms with Crippen LogP contribution in [0.2, 0.25) is 0 Å². The normalized spacial score (nSPS) is 15.5. The van der Waals surface area contributed by atoms with Crippen LogP contribution in [0.4, 0.5) is 10.7 Å². The number of hydrogen-bond donors (Lipinski definition) is 4. The molecule has 0 spiro atoms. The molecule has 0 radical (unpaired) electrons. The predicted molar refractivity (Wildman–Crippen MR) is 103 cm³/mol. The molecule has 13 heteroatoms. The fourth-order valence-electron chi connectivity index (χ4n) is 2.65. The number of nitrogens with one attached hydrogen (secondary N) is 4. The Balaban J connectivity index is 1.78. The summed E-state index contributed by atoms with van der Waals surface area (Å²) in [6.45, 7) is 3.52. The fourth-order valence-corrected chi connectivity index (χ4v) is 3.88. The highest BCUT2D eigenvalue weighted by Gasteiger charge is 2.37. The topological polar surface area (TPSA) is 147 Å². The predicted octanol–water partition coefficient (Wildman–Crippen LogP) is 0.693. The van der Waals surface area contributed by atoms with Gasteiger partial charge in [0.2, 0.25) is 17.7 Å². The first-order valence-electron chi connectivity index (χ1n) is 8.53. The minimum atomic E-state index is -4.23. The van der Waals surface area contributed by atoms with Crippen molar-refractivity contribution in [2.24, 2.45) is 0 Å². The van der Waals surface area contributed by atoms with Crippen molar-refractivity contribution in [3.63, 3.8) is 0 Å². The number of fused-ring (bicyclic) bond motifs is 1. The SMILES string of the molecule is CCC1=CC=C2NC(C)=C(S(=O)(=O)NC(=O)Nc3nc(OC)cc(OC)n3)N2N1. The van der Waals surface area contributed by atoms with E-state index in [9.17, 15) is 13.2 Å². The van der Waals surface area contributed by atoms with Gasteiger partial charge in [-0.2, -0.15) is 18.4 Å². The zero-order valence-corrected chi connectivity index (χ0v) is 17.0. The summed E-state index contributed by atoms with van der Waals surface area (Å²) in [6.07, 6.45) is 4.27. The van der Waals surface area contributed by atoms with Gasteiger partial charge >= 0.3 is 6.03 Å². The molecule has 2 aliphatic rings. The summed E-state index contributed by atoms with van der Waals surface area (Å²) in [4.78, 5) is 20.2. The highest BCUT2D eigenvalue weighted by molar-refractivity contribution is 7.93. The second kappa shape index (κ2) is 7.87. The minimum absolute atomic E-state index is 0.123. The molecule has 1 aromatic rings. The lowest BCUT2D eigenvalue weighted by Gasteiger charge is -2.27. The number of amides is 2. The molecule has 156 valence electrons. The van der Waals surface area contributed by atoms with Crippen molar-refractivity contribution in [3.05, 3.63) is 40.5 Å². The number of hydrogen-bond acceptors (Lipinski definition) is 10. The standard InChI is InChI=1S/C16H21N7O5S/c1-5-10-6-7-11-17-9(2)14(23(11)21-10)29(25,26)22-16(24)20-15-18-12(27-3)8-13(19-15)28-4/h6-8,17,21H,5H2,1-4H3,(H2,18,19,20,22,24). The van der Waals surface area contributed by atoms with Gasteiger partial charge in [-0.1, -0.05) is 6.92 Å². The monoisotopic (exact) mass is 423 g/mol. The number of hydrazine groups is 1. The van der Waals surface area contributed by atoms with E-state index in [0.29, 0.717) is 17.9 Å². The van der Waals surface area contributed by atoms with Gasteiger partial charge in [-0.25, -0.2) is 14.5 Å². The summed E-state index contributed by atoms with van der Waals surface area (Å²) in [5.74, 6) is 0.623. The molecule has 0 fully saturated rings. The van der Waals surface area contributed by atoms with Crippen molar-refractivity contribution >= 4 is 22.0 Å². The van der Waals surface area contributed by atoms with Gasteiger partial charge in [0, 0.05) is 5.70 Å². The van der Waals surface area contributed by atoms with E-state index < -0.39 is 16.1 Å². The van der Waals surface area contributed by atoms with E-state index >= 15 is 0 Å². The molecule has 0 saturated carbocycles. The molecule has 29 heavy (non-hydrogen) atoms. The van der Waals surface area contributed by atoms with Crippen molar-refractivity contribution in [1.82, 2.24) is 30.4 Å². The molecule has 0 bridgehead atoms. The second-order valence-electron chi connectivity index (χ2n) is 5.94. The molecule has 0 unspecified atom stereocenters. The van der Waals surface area contributed by atoms with Crippen LogP contribution in [0.25, 0.3) is 0 Å². The molecular formula is C16H21N7O5S. The molecule has 0 aromatic carbocycles. The summed E-state index contributed by atoms with van der Waals surface area (Å²) in [6, 6.07) is 0.369. The second-order valence-corrected chi connectivity index (χ2v) is 7.53. The van der Waals surface area contributed by atoms with Crippen molar-refractivity contribution in [2.75, 3.05) is 19.5 Å². The summed E-state index contributed by atoms with van der Waals surface area (Å²) in [5, 5.41) is 6.47. The van der Waals surface area contributed by atoms with Crippen LogP contribution in [-0.2, 0) is 10.0 Å². The number of carbonyl (C=O) groups is 1. The molecule has 2 aliphatic heterocycles. The van der Waals surface area contributed by atoms with E-state index in [1.165, 1.54) is 25.3 Å². The van der Waals surface area contributed by atoms with Crippen LogP contribution >= 0.6 is 0 Å². The number of anilines is 1. The third-order valence-electron chi connectivity index (χ3n) is 3.96. The summed E-state index contributed by atoms with van der Waals surface area (Å²) >= 11 is 0. The molecule has 0 aliphatic carbocycles. The number of rotatable bonds is 6. The first kappa shape index (κ1) is 20.3.